The molecule has 0 atom stereocenters. The van der Waals surface area contributed by atoms with Gasteiger partial charge in [-0.15, -0.1) is 0 Å². The predicted octanol–water partition coefficient (Wildman–Crippen LogP) is 4.67. The molecule has 8 heteroatoms. The van der Waals surface area contributed by atoms with Crippen LogP contribution >= 0.6 is 11.3 Å². The second-order valence-electron chi connectivity index (χ2n) is 6.84. The third-order valence-electron chi connectivity index (χ3n) is 4.80. The highest BCUT2D eigenvalue weighted by Crippen LogP contribution is 2.35. The lowest BCUT2D eigenvalue weighted by atomic mass is 10.1. The van der Waals surface area contributed by atoms with Crippen LogP contribution in [0.3, 0.4) is 0 Å². The van der Waals surface area contributed by atoms with Gasteiger partial charge in [0.05, 0.1) is 29.1 Å². The summed E-state index contributed by atoms with van der Waals surface area (Å²) in [4.78, 5) is 24.3. The van der Waals surface area contributed by atoms with Gasteiger partial charge in [0.2, 0.25) is 6.79 Å². The number of anilines is 1. The Kier molecular flexibility index (Phi) is 5.13. The third kappa shape index (κ3) is 3.89. The van der Waals surface area contributed by atoms with Crippen LogP contribution in [0, 0.1) is 0 Å². The van der Waals surface area contributed by atoms with Crippen molar-refractivity contribution in [3.05, 3.63) is 72.1 Å². The molecule has 0 aliphatic carbocycles. The topological polar surface area (TPSA) is 73.8 Å². The Bertz CT molecular complexity index is 1240. The van der Waals surface area contributed by atoms with Crippen LogP contribution in [-0.4, -0.2) is 29.3 Å². The fourth-order valence-electron chi connectivity index (χ4n) is 3.33. The van der Waals surface area contributed by atoms with Crippen LogP contribution in [-0.2, 0) is 6.54 Å². The first-order chi connectivity index (χ1) is 15.2. The van der Waals surface area contributed by atoms with Gasteiger partial charge in [-0.05, 0) is 55.5 Å². The first-order valence-corrected chi connectivity index (χ1v) is 10.7. The maximum absolute atomic E-state index is 13.5. The summed E-state index contributed by atoms with van der Waals surface area (Å²) in [6, 6.07) is 16.6. The molecule has 0 bridgehead atoms. The Hall–Kier alpha value is -3.65. The summed E-state index contributed by atoms with van der Waals surface area (Å²) in [6.45, 7) is 2.99. The fraction of sp³-hybridized carbons (Fsp3) is 0.174. The molecule has 7 nitrogen and oxygen atoms in total. The zero-order valence-electron chi connectivity index (χ0n) is 16.8. The lowest BCUT2D eigenvalue weighted by Gasteiger charge is -2.19. The predicted molar refractivity (Wildman–Crippen MR) is 118 cm³/mol. The van der Waals surface area contributed by atoms with E-state index < -0.39 is 0 Å². The third-order valence-corrected chi connectivity index (χ3v) is 5.84. The lowest BCUT2D eigenvalue weighted by molar-refractivity contribution is 0.0984. The summed E-state index contributed by atoms with van der Waals surface area (Å²) in [7, 11) is 0. The van der Waals surface area contributed by atoms with Gasteiger partial charge < -0.3 is 14.2 Å². The number of hydrogen-bond acceptors (Lipinski definition) is 7. The van der Waals surface area contributed by atoms with Crippen molar-refractivity contribution in [1.29, 1.82) is 0 Å². The average Bonchev–Trinajstić information content (AvgIpc) is 3.44. The molecule has 0 unspecified atom stereocenters. The molecular formula is C23H19N3O4S. The van der Waals surface area contributed by atoms with E-state index >= 15 is 0 Å². The summed E-state index contributed by atoms with van der Waals surface area (Å²) >= 11 is 1.44. The van der Waals surface area contributed by atoms with Crippen LogP contribution in [0.4, 0.5) is 5.13 Å². The van der Waals surface area contributed by atoms with Crippen molar-refractivity contribution in [3.63, 3.8) is 0 Å². The Morgan fingerprint density at radius 2 is 2.03 bits per heavy atom. The molecule has 2 aromatic carbocycles. The highest BCUT2D eigenvalue weighted by Gasteiger charge is 2.24. The quantitative estimate of drug-likeness (QED) is 0.440. The summed E-state index contributed by atoms with van der Waals surface area (Å²) in [5.41, 5.74) is 2.08. The minimum Gasteiger partial charge on any atom is -0.494 e. The molecule has 2 aromatic heterocycles. The van der Waals surface area contributed by atoms with E-state index in [2.05, 4.69) is 4.98 Å². The SMILES string of the molecule is CCOc1ccc2nc(N(Cc3ccccn3)C(=O)c3ccc4c(c3)OCO4)sc2c1. The number of aromatic nitrogens is 2. The van der Waals surface area contributed by atoms with Crippen LogP contribution in [0.25, 0.3) is 10.2 Å². The van der Waals surface area contributed by atoms with Gasteiger partial charge in [-0.1, -0.05) is 17.4 Å². The normalized spacial score (nSPS) is 12.2. The van der Waals surface area contributed by atoms with Gasteiger partial charge in [0, 0.05) is 11.8 Å². The average molecular weight is 433 g/mol. The number of rotatable bonds is 6. The van der Waals surface area contributed by atoms with E-state index in [1.807, 2.05) is 43.3 Å². The van der Waals surface area contributed by atoms with Crippen LogP contribution in [0.2, 0.25) is 0 Å². The van der Waals surface area contributed by atoms with E-state index in [4.69, 9.17) is 19.2 Å². The number of thiazole rings is 1. The number of carbonyl (C=O) groups excluding carboxylic acids is 1. The summed E-state index contributed by atoms with van der Waals surface area (Å²) in [5.74, 6) is 1.79. The minimum absolute atomic E-state index is 0.157. The fourth-order valence-corrected chi connectivity index (χ4v) is 4.32. The number of nitrogens with zero attached hydrogens (tertiary/aromatic N) is 3. The van der Waals surface area contributed by atoms with Crippen molar-refractivity contribution in [3.8, 4) is 17.2 Å². The molecule has 156 valence electrons. The van der Waals surface area contributed by atoms with Crippen molar-refractivity contribution in [2.75, 3.05) is 18.3 Å². The number of amides is 1. The maximum atomic E-state index is 13.5. The first kappa shape index (κ1) is 19.3. The monoisotopic (exact) mass is 433 g/mol. The molecule has 0 fully saturated rings. The Morgan fingerprint density at radius 1 is 1.13 bits per heavy atom. The van der Waals surface area contributed by atoms with Crippen molar-refractivity contribution < 1.29 is 19.0 Å². The molecule has 31 heavy (non-hydrogen) atoms. The number of benzene rings is 2. The number of carbonyl (C=O) groups is 1. The maximum Gasteiger partial charge on any atom is 0.260 e. The zero-order valence-corrected chi connectivity index (χ0v) is 17.6. The minimum atomic E-state index is -0.187. The highest BCUT2D eigenvalue weighted by atomic mass is 32.1. The highest BCUT2D eigenvalue weighted by molar-refractivity contribution is 7.22. The summed E-state index contributed by atoms with van der Waals surface area (Å²) in [5, 5.41) is 0.594. The Labute approximate surface area is 182 Å². The van der Waals surface area contributed by atoms with Crippen LogP contribution in [0.1, 0.15) is 23.0 Å². The Balaban J connectivity index is 1.54. The first-order valence-electron chi connectivity index (χ1n) is 9.86. The summed E-state index contributed by atoms with van der Waals surface area (Å²) in [6.07, 6.45) is 1.71. The molecular weight excluding hydrogens is 414 g/mol. The number of ether oxygens (including phenoxy) is 3. The van der Waals surface area contributed by atoms with Crippen molar-refractivity contribution in [2.24, 2.45) is 0 Å². The van der Waals surface area contributed by atoms with Gasteiger partial charge in [-0.3, -0.25) is 14.7 Å². The second-order valence-corrected chi connectivity index (χ2v) is 7.85. The van der Waals surface area contributed by atoms with Crippen LogP contribution < -0.4 is 19.1 Å². The van der Waals surface area contributed by atoms with Gasteiger partial charge in [0.25, 0.3) is 5.91 Å². The van der Waals surface area contributed by atoms with E-state index in [1.54, 1.807) is 29.3 Å². The lowest BCUT2D eigenvalue weighted by Crippen LogP contribution is -2.30. The Morgan fingerprint density at radius 3 is 2.87 bits per heavy atom. The van der Waals surface area contributed by atoms with Crippen LogP contribution in [0.5, 0.6) is 17.2 Å². The van der Waals surface area contributed by atoms with Gasteiger partial charge >= 0.3 is 0 Å². The number of hydrogen-bond donors (Lipinski definition) is 0. The van der Waals surface area contributed by atoms with Crippen molar-refractivity contribution in [1.82, 2.24) is 9.97 Å². The molecule has 4 aromatic rings. The number of pyridine rings is 1. The molecule has 3 heterocycles. The molecule has 5 rings (SSSR count). The number of fused-ring (bicyclic) bond motifs is 2. The standard InChI is InChI=1S/C23H19N3O4S/c1-2-28-17-7-8-18-21(12-17)31-23(25-18)26(13-16-5-3-4-10-24-16)22(27)15-6-9-19-20(11-15)30-14-29-19/h3-12H,2,13-14H2,1H3. The van der Waals surface area contributed by atoms with Gasteiger partial charge in [0.15, 0.2) is 16.6 Å². The van der Waals surface area contributed by atoms with Crippen LogP contribution in [0.15, 0.2) is 60.8 Å². The van der Waals surface area contributed by atoms with Gasteiger partial charge in [-0.2, -0.15) is 0 Å². The van der Waals surface area contributed by atoms with E-state index in [1.165, 1.54) is 11.3 Å². The molecule has 0 radical (unpaired) electrons. The van der Waals surface area contributed by atoms with Gasteiger partial charge in [0.1, 0.15) is 5.75 Å². The van der Waals surface area contributed by atoms with Crippen molar-refractivity contribution in [2.45, 2.75) is 13.5 Å². The molecule has 0 saturated heterocycles. The van der Waals surface area contributed by atoms with E-state index in [0.717, 1.165) is 21.7 Å². The summed E-state index contributed by atoms with van der Waals surface area (Å²) < 4.78 is 17.4. The molecule has 1 aliphatic rings. The second kappa shape index (κ2) is 8.23. The molecule has 0 saturated carbocycles. The molecule has 1 amide bonds. The molecule has 0 spiro atoms. The van der Waals surface area contributed by atoms with Crippen molar-refractivity contribution >= 4 is 32.6 Å². The van der Waals surface area contributed by atoms with E-state index in [-0.39, 0.29) is 12.7 Å². The largest absolute Gasteiger partial charge is 0.494 e. The van der Waals surface area contributed by atoms with Gasteiger partial charge in [-0.25, -0.2) is 4.98 Å². The molecule has 0 N–H and O–H groups in total. The van der Waals surface area contributed by atoms with E-state index in [9.17, 15) is 4.79 Å². The molecule has 1 aliphatic heterocycles. The smallest absolute Gasteiger partial charge is 0.260 e. The van der Waals surface area contributed by atoms with E-state index in [0.29, 0.717) is 35.3 Å². The zero-order chi connectivity index (χ0) is 21.2.